The maximum absolute atomic E-state index is 11.6. The van der Waals surface area contributed by atoms with Gasteiger partial charge in [-0.1, -0.05) is 0 Å². The number of nitrogens with zero attached hydrogens (tertiary/aromatic N) is 3. The molecular weight excluding hydrogens is 304 g/mol. The van der Waals surface area contributed by atoms with Gasteiger partial charge in [0.2, 0.25) is 5.91 Å². The largest absolute Gasteiger partial charge is 0.273 e. The van der Waals surface area contributed by atoms with E-state index in [0.29, 0.717) is 6.42 Å². The minimum Gasteiger partial charge on any atom is -0.273 e. The van der Waals surface area contributed by atoms with Crippen molar-refractivity contribution in [3.05, 3.63) is 17.0 Å². The highest BCUT2D eigenvalue weighted by Crippen LogP contribution is 2.29. The highest BCUT2D eigenvalue weighted by atomic mass is 32.2. The highest BCUT2D eigenvalue weighted by molar-refractivity contribution is 7.91. The topological polar surface area (TPSA) is 93.4 Å². The van der Waals surface area contributed by atoms with E-state index in [9.17, 15) is 13.2 Å². The molecule has 1 saturated heterocycles. The van der Waals surface area contributed by atoms with Crippen molar-refractivity contribution >= 4 is 22.0 Å². The summed E-state index contributed by atoms with van der Waals surface area (Å²) in [6.07, 6.45) is 4.07. The van der Waals surface area contributed by atoms with Crippen molar-refractivity contribution in [1.82, 2.24) is 15.2 Å². The zero-order chi connectivity index (χ0) is 15.9. The maximum atomic E-state index is 11.6. The molecule has 0 aromatic carbocycles. The number of rotatable bonds is 4. The molecule has 1 saturated carbocycles. The third-order valence-corrected chi connectivity index (χ3v) is 6.00. The molecule has 0 radical (unpaired) electrons. The molecule has 8 heteroatoms. The van der Waals surface area contributed by atoms with Crippen LogP contribution in [0.1, 0.15) is 42.3 Å². The Bertz CT molecular complexity index is 732. The summed E-state index contributed by atoms with van der Waals surface area (Å²) in [6, 6.07) is -0.105. The zero-order valence-corrected chi connectivity index (χ0v) is 13.6. The molecule has 1 aromatic heterocycles. The Kier molecular flexibility index (Phi) is 3.80. The van der Waals surface area contributed by atoms with Gasteiger partial charge in [0.15, 0.2) is 9.84 Å². The van der Waals surface area contributed by atoms with Crippen LogP contribution in [0.5, 0.6) is 0 Å². The summed E-state index contributed by atoms with van der Waals surface area (Å²) in [5.74, 6) is 0.437. The lowest BCUT2D eigenvalue weighted by atomic mass is 10.2. The van der Waals surface area contributed by atoms with E-state index in [1.807, 2.05) is 13.8 Å². The summed E-state index contributed by atoms with van der Waals surface area (Å²) in [5, 5.41) is 8.45. The molecule has 1 N–H and O–H groups in total. The second-order valence-electron chi connectivity index (χ2n) is 6.09. The maximum Gasteiger partial charge on any atom is 0.243 e. The van der Waals surface area contributed by atoms with E-state index in [2.05, 4.69) is 15.6 Å². The molecule has 0 unspecified atom stereocenters. The van der Waals surface area contributed by atoms with E-state index in [1.54, 1.807) is 10.9 Å². The third kappa shape index (κ3) is 3.06. The number of hydrogen-bond donors (Lipinski definition) is 1. The van der Waals surface area contributed by atoms with Gasteiger partial charge < -0.3 is 0 Å². The van der Waals surface area contributed by atoms with Crippen LogP contribution in [0.15, 0.2) is 5.10 Å². The number of hydrazone groups is 1. The lowest BCUT2D eigenvalue weighted by Crippen LogP contribution is -2.19. The predicted octanol–water partition coefficient (Wildman–Crippen LogP) is 0.720. The Hall–Kier alpha value is -1.70. The average Bonchev–Trinajstić information content (AvgIpc) is 3.18. The SMILES string of the molecule is Cc1nn([C@H]2CCS(=O)(=O)C2)c(C)c1/C=N\NC(=O)C1CC1. The van der Waals surface area contributed by atoms with Gasteiger partial charge >= 0.3 is 0 Å². The number of aryl methyl sites for hydroxylation is 1. The molecule has 120 valence electrons. The molecule has 7 nitrogen and oxygen atoms in total. The lowest BCUT2D eigenvalue weighted by molar-refractivity contribution is -0.122. The van der Waals surface area contributed by atoms with E-state index in [1.165, 1.54) is 0 Å². The Morgan fingerprint density at radius 2 is 2.09 bits per heavy atom. The molecule has 0 spiro atoms. The van der Waals surface area contributed by atoms with Crippen LogP contribution in [0.2, 0.25) is 0 Å². The van der Waals surface area contributed by atoms with Gasteiger partial charge in [-0.3, -0.25) is 9.48 Å². The number of amides is 1. The van der Waals surface area contributed by atoms with E-state index in [0.717, 1.165) is 29.8 Å². The molecule has 1 aliphatic heterocycles. The van der Waals surface area contributed by atoms with Gasteiger partial charge in [0.1, 0.15) is 0 Å². The summed E-state index contributed by atoms with van der Waals surface area (Å²) in [7, 11) is -2.95. The number of carbonyl (C=O) groups excluding carboxylic acids is 1. The molecule has 2 heterocycles. The molecular formula is C14H20N4O3S. The van der Waals surface area contributed by atoms with Crippen LogP contribution in [-0.4, -0.2) is 41.8 Å². The lowest BCUT2D eigenvalue weighted by Gasteiger charge is -2.10. The molecule has 22 heavy (non-hydrogen) atoms. The van der Waals surface area contributed by atoms with Crippen LogP contribution in [0.3, 0.4) is 0 Å². The van der Waals surface area contributed by atoms with Crippen LogP contribution in [0.4, 0.5) is 0 Å². The number of sulfone groups is 1. The van der Waals surface area contributed by atoms with Gasteiger partial charge in [-0.15, -0.1) is 0 Å². The summed E-state index contributed by atoms with van der Waals surface area (Å²) in [4.78, 5) is 11.5. The zero-order valence-electron chi connectivity index (χ0n) is 12.7. The second-order valence-corrected chi connectivity index (χ2v) is 8.32. The molecule has 3 rings (SSSR count). The van der Waals surface area contributed by atoms with Crippen molar-refractivity contribution in [2.75, 3.05) is 11.5 Å². The first-order chi connectivity index (χ1) is 10.4. The quantitative estimate of drug-likeness (QED) is 0.652. The van der Waals surface area contributed by atoms with E-state index in [4.69, 9.17) is 0 Å². The van der Waals surface area contributed by atoms with Crippen LogP contribution >= 0.6 is 0 Å². The smallest absolute Gasteiger partial charge is 0.243 e. The van der Waals surface area contributed by atoms with Crippen molar-refractivity contribution in [1.29, 1.82) is 0 Å². The number of aromatic nitrogens is 2. The molecule has 2 fully saturated rings. The standard InChI is InChI=1S/C14H20N4O3S/c1-9-13(7-15-16-14(19)11-3-4-11)10(2)18(17-9)12-5-6-22(20,21)8-12/h7,11-12H,3-6,8H2,1-2H3,(H,16,19)/b15-7-/t12-/m0/s1. The van der Waals surface area contributed by atoms with Crippen molar-refractivity contribution < 1.29 is 13.2 Å². The number of carbonyl (C=O) groups is 1. The first kappa shape index (κ1) is 15.2. The fraction of sp³-hybridized carbons (Fsp3) is 0.643. The summed E-state index contributed by atoms with van der Waals surface area (Å²) >= 11 is 0. The van der Waals surface area contributed by atoms with Gasteiger partial charge in [-0.25, -0.2) is 13.8 Å². The molecule has 1 atom stereocenters. The normalized spacial score (nSPS) is 24.0. The summed E-state index contributed by atoms with van der Waals surface area (Å²) < 4.78 is 25.0. The van der Waals surface area contributed by atoms with E-state index in [-0.39, 0.29) is 29.4 Å². The van der Waals surface area contributed by atoms with Gasteiger partial charge in [0, 0.05) is 17.2 Å². The monoisotopic (exact) mass is 324 g/mol. The highest BCUT2D eigenvalue weighted by Gasteiger charge is 2.31. The van der Waals surface area contributed by atoms with Crippen molar-refractivity contribution in [3.63, 3.8) is 0 Å². The Morgan fingerprint density at radius 1 is 1.36 bits per heavy atom. The van der Waals surface area contributed by atoms with Gasteiger partial charge in [-0.2, -0.15) is 10.2 Å². The van der Waals surface area contributed by atoms with Gasteiger partial charge in [0.05, 0.1) is 29.5 Å². The Balaban J connectivity index is 1.75. The van der Waals surface area contributed by atoms with Crippen LogP contribution < -0.4 is 5.43 Å². The van der Waals surface area contributed by atoms with E-state index >= 15 is 0 Å². The first-order valence-electron chi connectivity index (χ1n) is 7.46. The first-order valence-corrected chi connectivity index (χ1v) is 9.28. The van der Waals surface area contributed by atoms with E-state index < -0.39 is 9.84 Å². The Labute approximate surface area is 129 Å². The minimum atomic E-state index is -2.95. The van der Waals surface area contributed by atoms with Gasteiger partial charge in [-0.05, 0) is 33.1 Å². The summed E-state index contributed by atoms with van der Waals surface area (Å²) in [6.45, 7) is 3.76. The van der Waals surface area contributed by atoms with Gasteiger partial charge in [0.25, 0.3) is 0 Å². The molecule has 1 aliphatic carbocycles. The fourth-order valence-corrected chi connectivity index (χ4v) is 4.48. The minimum absolute atomic E-state index is 0.0409. The van der Waals surface area contributed by atoms with Crippen molar-refractivity contribution in [3.8, 4) is 0 Å². The summed E-state index contributed by atoms with van der Waals surface area (Å²) in [5.41, 5.74) is 5.03. The third-order valence-electron chi connectivity index (χ3n) is 4.25. The fourth-order valence-electron chi connectivity index (χ4n) is 2.78. The van der Waals surface area contributed by atoms with Crippen LogP contribution in [0.25, 0.3) is 0 Å². The molecule has 0 bridgehead atoms. The van der Waals surface area contributed by atoms with Crippen molar-refractivity contribution in [2.24, 2.45) is 11.0 Å². The van der Waals surface area contributed by atoms with Crippen LogP contribution in [-0.2, 0) is 14.6 Å². The second kappa shape index (κ2) is 5.49. The Morgan fingerprint density at radius 3 is 2.68 bits per heavy atom. The van der Waals surface area contributed by atoms with Crippen molar-refractivity contribution in [2.45, 2.75) is 39.2 Å². The number of nitrogens with one attached hydrogen (secondary N) is 1. The number of hydrogen-bond acceptors (Lipinski definition) is 5. The molecule has 1 aromatic rings. The average molecular weight is 324 g/mol. The van der Waals surface area contributed by atoms with Crippen LogP contribution in [0, 0.1) is 19.8 Å². The molecule has 1 amide bonds. The molecule has 2 aliphatic rings. The predicted molar refractivity (Wildman–Crippen MR) is 82.5 cm³/mol.